The van der Waals surface area contributed by atoms with Crippen LogP contribution in [0.25, 0.3) is 0 Å². The van der Waals surface area contributed by atoms with E-state index in [1.807, 2.05) is 13.0 Å². The van der Waals surface area contributed by atoms with E-state index < -0.39 is 11.8 Å². The molecular weight excluding hydrogens is 260 g/mol. The fourth-order valence-electron chi connectivity index (χ4n) is 1.49. The van der Waals surface area contributed by atoms with Crippen molar-refractivity contribution in [3.63, 3.8) is 0 Å². The van der Waals surface area contributed by atoms with Gasteiger partial charge < -0.3 is 21.7 Å². The molecule has 0 aliphatic heterocycles. The minimum Gasteiger partial charge on any atom is -0.397 e. The Morgan fingerprint density at radius 2 is 2.00 bits per heavy atom. The Labute approximate surface area is 116 Å². The average molecular weight is 278 g/mol. The van der Waals surface area contributed by atoms with Gasteiger partial charge in [0.25, 0.3) is 0 Å². The lowest BCUT2D eigenvalue weighted by Gasteiger charge is -2.09. The minimum atomic E-state index is -0.773. The average Bonchev–Trinajstić information content (AvgIpc) is 2.42. The summed E-state index contributed by atoms with van der Waals surface area (Å²) in [6.45, 7) is 2.60. The molecule has 7 heteroatoms. The summed E-state index contributed by atoms with van der Waals surface area (Å²) in [4.78, 5) is 33.2. The van der Waals surface area contributed by atoms with Crippen molar-refractivity contribution in [2.45, 2.75) is 13.3 Å². The summed E-state index contributed by atoms with van der Waals surface area (Å²) in [6.07, 6.45) is 1.12. The zero-order chi connectivity index (χ0) is 15.0. The number of amides is 3. The fourth-order valence-corrected chi connectivity index (χ4v) is 1.49. The molecule has 1 aromatic carbocycles. The monoisotopic (exact) mass is 278 g/mol. The maximum Gasteiger partial charge on any atom is 0.313 e. The van der Waals surface area contributed by atoms with Gasteiger partial charge in [-0.25, -0.2) is 0 Å². The number of benzene rings is 1. The number of carbonyl (C=O) groups is 3. The highest BCUT2D eigenvalue weighted by Gasteiger charge is 2.14. The number of nitrogens with two attached hydrogens (primary N) is 1. The van der Waals surface area contributed by atoms with Gasteiger partial charge in [-0.3, -0.25) is 14.4 Å². The first-order chi connectivity index (χ1) is 9.54. The number of hydrogen-bond acceptors (Lipinski definition) is 4. The standard InChI is InChI=1S/C13H18N4O3/c1-9-3-4-10(14)11(7-9)17-13(20)12(19)16-6-2-5-15-8-18/h3-4,7-8H,2,5-6,14H2,1H3,(H,15,18)(H,16,19)(H,17,20). The number of nitrogen functional groups attached to an aromatic ring is 1. The third-order valence-corrected chi connectivity index (χ3v) is 2.53. The molecule has 0 bridgehead atoms. The van der Waals surface area contributed by atoms with Crippen molar-refractivity contribution >= 4 is 29.6 Å². The van der Waals surface area contributed by atoms with Gasteiger partial charge in [0.05, 0.1) is 11.4 Å². The Hall–Kier alpha value is -2.57. The van der Waals surface area contributed by atoms with Gasteiger partial charge in [0, 0.05) is 13.1 Å². The summed E-state index contributed by atoms with van der Waals surface area (Å²) < 4.78 is 0. The van der Waals surface area contributed by atoms with Crippen LogP contribution < -0.4 is 21.7 Å². The van der Waals surface area contributed by atoms with Crippen LogP contribution in [-0.2, 0) is 14.4 Å². The fraction of sp³-hybridized carbons (Fsp3) is 0.308. The molecule has 0 spiro atoms. The van der Waals surface area contributed by atoms with Crippen molar-refractivity contribution in [3.05, 3.63) is 23.8 Å². The second kappa shape index (κ2) is 7.78. The molecule has 0 aliphatic rings. The van der Waals surface area contributed by atoms with Crippen molar-refractivity contribution in [1.82, 2.24) is 10.6 Å². The first-order valence-electron chi connectivity index (χ1n) is 6.17. The molecule has 0 atom stereocenters. The highest BCUT2D eigenvalue weighted by molar-refractivity contribution is 6.39. The Bertz CT molecular complexity index is 502. The molecule has 0 saturated heterocycles. The van der Waals surface area contributed by atoms with Crippen LogP contribution in [0.2, 0.25) is 0 Å². The molecule has 108 valence electrons. The van der Waals surface area contributed by atoms with E-state index >= 15 is 0 Å². The van der Waals surface area contributed by atoms with Crippen LogP contribution in [0, 0.1) is 6.92 Å². The lowest BCUT2D eigenvalue weighted by molar-refractivity contribution is -0.136. The van der Waals surface area contributed by atoms with E-state index in [-0.39, 0.29) is 0 Å². The molecule has 1 aromatic rings. The number of rotatable bonds is 6. The van der Waals surface area contributed by atoms with Crippen molar-refractivity contribution in [1.29, 1.82) is 0 Å². The first-order valence-corrected chi connectivity index (χ1v) is 6.17. The minimum absolute atomic E-state index is 0.302. The van der Waals surface area contributed by atoms with Gasteiger partial charge in [0.2, 0.25) is 6.41 Å². The molecule has 0 heterocycles. The normalized spacial score (nSPS) is 9.65. The molecule has 20 heavy (non-hydrogen) atoms. The third-order valence-electron chi connectivity index (χ3n) is 2.53. The van der Waals surface area contributed by atoms with Gasteiger partial charge in [-0.1, -0.05) is 6.07 Å². The van der Waals surface area contributed by atoms with Crippen molar-refractivity contribution in [3.8, 4) is 0 Å². The van der Waals surface area contributed by atoms with Crippen LogP contribution in [0.3, 0.4) is 0 Å². The summed E-state index contributed by atoms with van der Waals surface area (Å²) >= 11 is 0. The maximum atomic E-state index is 11.6. The zero-order valence-corrected chi connectivity index (χ0v) is 11.2. The van der Waals surface area contributed by atoms with Crippen molar-refractivity contribution in [2.24, 2.45) is 0 Å². The van der Waals surface area contributed by atoms with Gasteiger partial charge in [-0.05, 0) is 31.0 Å². The van der Waals surface area contributed by atoms with Crippen LogP contribution in [0.4, 0.5) is 11.4 Å². The number of nitrogens with one attached hydrogen (secondary N) is 3. The van der Waals surface area contributed by atoms with Gasteiger partial charge in [-0.2, -0.15) is 0 Å². The van der Waals surface area contributed by atoms with E-state index in [0.29, 0.717) is 37.3 Å². The number of anilines is 2. The largest absolute Gasteiger partial charge is 0.397 e. The first kappa shape index (κ1) is 15.5. The molecule has 0 aromatic heterocycles. The Balaban J connectivity index is 2.43. The van der Waals surface area contributed by atoms with E-state index in [2.05, 4.69) is 16.0 Å². The van der Waals surface area contributed by atoms with Gasteiger partial charge in [0.15, 0.2) is 0 Å². The highest BCUT2D eigenvalue weighted by Crippen LogP contribution is 2.19. The Kier molecular flexibility index (Phi) is 6.02. The van der Waals surface area contributed by atoms with Gasteiger partial charge in [-0.15, -0.1) is 0 Å². The summed E-state index contributed by atoms with van der Waals surface area (Å²) in [6, 6.07) is 5.16. The van der Waals surface area contributed by atoms with Crippen molar-refractivity contribution < 1.29 is 14.4 Å². The second-order valence-electron chi connectivity index (χ2n) is 4.23. The maximum absolute atomic E-state index is 11.6. The smallest absolute Gasteiger partial charge is 0.313 e. The number of aryl methyl sites for hydroxylation is 1. The molecule has 1 rings (SSSR count). The lowest BCUT2D eigenvalue weighted by atomic mass is 10.2. The molecular formula is C13H18N4O3. The van der Waals surface area contributed by atoms with Gasteiger partial charge >= 0.3 is 11.8 Å². The molecule has 0 saturated carbocycles. The summed E-state index contributed by atoms with van der Waals surface area (Å²) in [5.74, 6) is -1.51. The topological polar surface area (TPSA) is 113 Å². The molecule has 0 radical (unpaired) electrons. The summed E-state index contributed by atoms with van der Waals surface area (Å²) in [5, 5.41) is 7.36. The predicted octanol–water partition coefficient (Wildman–Crippen LogP) is -0.232. The zero-order valence-electron chi connectivity index (χ0n) is 11.2. The SMILES string of the molecule is Cc1ccc(N)c(NC(=O)C(=O)NCCCNC=O)c1. The number of carbonyl (C=O) groups excluding carboxylic acids is 3. The van der Waals surface area contributed by atoms with E-state index in [9.17, 15) is 14.4 Å². The van der Waals surface area contributed by atoms with E-state index in [1.54, 1.807) is 12.1 Å². The Morgan fingerprint density at radius 3 is 2.70 bits per heavy atom. The summed E-state index contributed by atoms with van der Waals surface area (Å²) in [5.41, 5.74) is 7.44. The molecule has 3 amide bonds. The third kappa shape index (κ3) is 4.97. The lowest BCUT2D eigenvalue weighted by Crippen LogP contribution is -2.36. The van der Waals surface area contributed by atoms with Gasteiger partial charge in [0.1, 0.15) is 0 Å². The molecule has 7 nitrogen and oxygen atoms in total. The van der Waals surface area contributed by atoms with E-state index in [0.717, 1.165) is 5.56 Å². The molecule has 5 N–H and O–H groups in total. The Morgan fingerprint density at radius 1 is 1.25 bits per heavy atom. The highest BCUT2D eigenvalue weighted by atomic mass is 16.2. The second-order valence-corrected chi connectivity index (χ2v) is 4.23. The number of hydrogen-bond donors (Lipinski definition) is 4. The van der Waals surface area contributed by atoms with Crippen molar-refractivity contribution in [2.75, 3.05) is 24.1 Å². The van der Waals surface area contributed by atoms with Crippen LogP contribution in [0.5, 0.6) is 0 Å². The predicted molar refractivity (Wildman–Crippen MR) is 75.9 cm³/mol. The molecule has 0 fully saturated rings. The van der Waals surface area contributed by atoms with E-state index in [4.69, 9.17) is 5.73 Å². The summed E-state index contributed by atoms with van der Waals surface area (Å²) in [7, 11) is 0. The van der Waals surface area contributed by atoms with E-state index in [1.165, 1.54) is 0 Å². The van der Waals surface area contributed by atoms with Crippen LogP contribution in [0.1, 0.15) is 12.0 Å². The van der Waals surface area contributed by atoms with Crippen LogP contribution in [-0.4, -0.2) is 31.3 Å². The van der Waals surface area contributed by atoms with Crippen LogP contribution >= 0.6 is 0 Å². The molecule has 0 aliphatic carbocycles. The molecule has 0 unspecified atom stereocenters. The van der Waals surface area contributed by atoms with Crippen LogP contribution in [0.15, 0.2) is 18.2 Å². The quantitative estimate of drug-likeness (QED) is 0.249.